The average molecular weight is 136 g/mol. The van der Waals surface area contributed by atoms with Crippen molar-refractivity contribution in [3.8, 4) is 0 Å². The second kappa shape index (κ2) is 1.59. The van der Waals surface area contributed by atoms with Gasteiger partial charge in [-0.3, -0.25) is 9.52 Å². The Morgan fingerprint density at radius 3 is 2.38 bits per heavy atom. The minimum Gasteiger partial charge on any atom is -0.345 e. The Morgan fingerprint density at radius 1 is 1.62 bits per heavy atom. The molecule has 5 nitrogen and oxygen atoms in total. The molecular formula is C2H4N2O3S. The maximum Gasteiger partial charge on any atom is 0.317 e. The van der Waals surface area contributed by atoms with E-state index in [4.69, 9.17) is 10.2 Å². The molecule has 0 aromatic rings. The van der Waals surface area contributed by atoms with Crippen molar-refractivity contribution in [3.63, 3.8) is 0 Å². The number of hydrogen-bond donors (Lipinski definition) is 4. The zero-order chi connectivity index (χ0) is 6.20. The SMILES string of the molecule is O=C1NSNC1(O)O. The Balaban J connectivity index is 2.68. The predicted molar refractivity (Wildman–Crippen MR) is 26.0 cm³/mol. The van der Waals surface area contributed by atoms with Crippen LogP contribution in [0.3, 0.4) is 0 Å². The van der Waals surface area contributed by atoms with Crippen LogP contribution in [0.25, 0.3) is 0 Å². The molecule has 0 unspecified atom stereocenters. The molecule has 1 heterocycles. The second-order valence-electron chi connectivity index (χ2n) is 1.31. The van der Waals surface area contributed by atoms with Crippen LogP contribution in [0.4, 0.5) is 0 Å². The summed E-state index contributed by atoms with van der Waals surface area (Å²) >= 11 is 0.740. The molecule has 4 N–H and O–H groups in total. The van der Waals surface area contributed by atoms with Crippen molar-refractivity contribution < 1.29 is 15.0 Å². The molecule has 46 valence electrons. The third kappa shape index (κ3) is 0.781. The van der Waals surface area contributed by atoms with Crippen molar-refractivity contribution >= 4 is 18.0 Å². The van der Waals surface area contributed by atoms with Crippen LogP contribution in [0.2, 0.25) is 0 Å². The number of amides is 1. The first-order chi connectivity index (χ1) is 3.63. The van der Waals surface area contributed by atoms with E-state index in [1.165, 1.54) is 0 Å². The monoisotopic (exact) mass is 136 g/mol. The van der Waals surface area contributed by atoms with Gasteiger partial charge >= 0.3 is 11.8 Å². The first-order valence-corrected chi connectivity index (χ1v) is 2.63. The van der Waals surface area contributed by atoms with E-state index < -0.39 is 11.8 Å². The van der Waals surface area contributed by atoms with Gasteiger partial charge in [0.1, 0.15) is 0 Å². The molecular weight excluding hydrogens is 132 g/mol. The highest BCUT2D eigenvalue weighted by molar-refractivity contribution is 7.96. The lowest BCUT2D eigenvalue weighted by Crippen LogP contribution is -2.45. The van der Waals surface area contributed by atoms with E-state index in [1.807, 2.05) is 4.72 Å². The van der Waals surface area contributed by atoms with Crippen LogP contribution >= 0.6 is 12.1 Å². The predicted octanol–water partition coefficient (Wildman–Crippen LogP) is -2.09. The average Bonchev–Trinajstić information content (AvgIpc) is 1.86. The van der Waals surface area contributed by atoms with Gasteiger partial charge in [0.25, 0.3) is 0 Å². The van der Waals surface area contributed by atoms with E-state index >= 15 is 0 Å². The van der Waals surface area contributed by atoms with Crippen LogP contribution in [0.15, 0.2) is 0 Å². The minimum absolute atomic E-state index is 0.740. The van der Waals surface area contributed by atoms with Crippen molar-refractivity contribution in [1.82, 2.24) is 9.44 Å². The lowest BCUT2D eigenvalue weighted by molar-refractivity contribution is -0.182. The van der Waals surface area contributed by atoms with Crippen LogP contribution in [0, 0.1) is 0 Å². The highest BCUT2D eigenvalue weighted by Gasteiger charge is 2.38. The van der Waals surface area contributed by atoms with Crippen molar-refractivity contribution in [3.05, 3.63) is 0 Å². The number of carbonyl (C=O) groups excluding carboxylic acids is 1. The molecule has 0 bridgehead atoms. The molecule has 1 amide bonds. The van der Waals surface area contributed by atoms with Gasteiger partial charge in [-0.05, 0) is 0 Å². The Labute approximate surface area is 49.3 Å². The van der Waals surface area contributed by atoms with Crippen molar-refractivity contribution in [1.29, 1.82) is 0 Å². The van der Waals surface area contributed by atoms with Crippen LogP contribution in [-0.4, -0.2) is 22.0 Å². The molecule has 1 aliphatic heterocycles. The third-order valence-corrected chi connectivity index (χ3v) is 1.33. The smallest absolute Gasteiger partial charge is 0.317 e. The maximum atomic E-state index is 10.2. The van der Waals surface area contributed by atoms with Crippen molar-refractivity contribution in [2.24, 2.45) is 0 Å². The fourth-order valence-corrected chi connectivity index (χ4v) is 0.782. The summed E-state index contributed by atoms with van der Waals surface area (Å²) < 4.78 is 4.09. The number of aliphatic hydroxyl groups is 2. The summed E-state index contributed by atoms with van der Waals surface area (Å²) in [6.45, 7) is 0. The molecule has 0 spiro atoms. The van der Waals surface area contributed by atoms with Gasteiger partial charge in [0.15, 0.2) is 0 Å². The maximum absolute atomic E-state index is 10.2. The third-order valence-electron chi connectivity index (χ3n) is 0.654. The van der Waals surface area contributed by atoms with Gasteiger partial charge in [-0.15, -0.1) is 0 Å². The van der Waals surface area contributed by atoms with Gasteiger partial charge in [0.2, 0.25) is 0 Å². The first-order valence-electron chi connectivity index (χ1n) is 1.81. The summed E-state index contributed by atoms with van der Waals surface area (Å²) in [7, 11) is 0. The zero-order valence-corrected chi connectivity index (χ0v) is 4.53. The summed E-state index contributed by atoms with van der Waals surface area (Å²) in [6.07, 6.45) is 0. The molecule has 0 aromatic carbocycles. The number of carbonyl (C=O) groups is 1. The van der Waals surface area contributed by atoms with Gasteiger partial charge in [0, 0.05) is 12.1 Å². The molecule has 6 heteroatoms. The summed E-state index contributed by atoms with van der Waals surface area (Å²) in [5, 5.41) is 16.9. The van der Waals surface area contributed by atoms with E-state index in [9.17, 15) is 4.79 Å². The largest absolute Gasteiger partial charge is 0.345 e. The Kier molecular flexibility index (Phi) is 1.16. The van der Waals surface area contributed by atoms with Crippen molar-refractivity contribution in [2.75, 3.05) is 0 Å². The fourth-order valence-electron chi connectivity index (χ4n) is 0.261. The van der Waals surface area contributed by atoms with E-state index in [-0.39, 0.29) is 0 Å². The minimum atomic E-state index is -2.38. The van der Waals surface area contributed by atoms with Gasteiger partial charge in [-0.25, -0.2) is 0 Å². The van der Waals surface area contributed by atoms with E-state index in [0.717, 1.165) is 12.1 Å². The molecule has 1 saturated heterocycles. The molecule has 0 saturated carbocycles. The zero-order valence-electron chi connectivity index (χ0n) is 3.71. The molecule has 1 aliphatic rings. The van der Waals surface area contributed by atoms with Gasteiger partial charge in [0.05, 0.1) is 0 Å². The number of rotatable bonds is 0. The van der Waals surface area contributed by atoms with E-state index in [1.54, 1.807) is 0 Å². The molecule has 8 heavy (non-hydrogen) atoms. The number of nitrogens with one attached hydrogen (secondary N) is 2. The Hall–Kier alpha value is -0.300. The van der Waals surface area contributed by atoms with Crippen LogP contribution in [0.5, 0.6) is 0 Å². The second-order valence-corrected chi connectivity index (χ2v) is 1.92. The summed E-state index contributed by atoms with van der Waals surface area (Å²) in [6, 6.07) is 0. The van der Waals surface area contributed by atoms with Crippen LogP contribution in [-0.2, 0) is 4.79 Å². The van der Waals surface area contributed by atoms with E-state index in [2.05, 4.69) is 4.72 Å². The highest BCUT2D eigenvalue weighted by atomic mass is 32.2. The topological polar surface area (TPSA) is 81.6 Å². The highest BCUT2D eigenvalue weighted by Crippen LogP contribution is 2.08. The van der Waals surface area contributed by atoms with Gasteiger partial charge in [-0.1, -0.05) is 0 Å². The first kappa shape index (κ1) is 5.83. The fraction of sp³-hybridized carbons (Fsp3) is 0.500. The summed E-state index contributed by atoms with van der Waals surface area (Å²) in [5.41, 5.74) is 0. The van der Waals surface area contributed by atoms with Crippen LogP contribution < -0.4 is 9.44 Å². The molecule has 0 atom stereocenters. The molecule has 1 rings (SSSR count). The summed E-state index contributed by atoms with van der Waals surface area (Å²) in [4.78, 5) is 10.2. The number of hydrogen-bond acceptors (Lipinski definition) is 5. The molecule has 0 radical (unpaired) electrons. The Morgan fingerprint density at radius 2 is 2.25 bits per heavy atom. The van der Waals surface area contributed by atoms with Gasteiger partial charge < -0.3 is 10.2 Å². The molecule has 0 aromatic heterocycles. The quantitative estimate of drug-likeness (QED) is 0.227. The van der Waals surface area contributed by atoms with Crippen molar-refractivity contribution in [2.45, 2.75) is 5.91 Å². The van der Waals surface area contributed by atoms with Gasteiger partial charge in [-0.2, -0.15) is 4.72 Å². The van der Waals surface area contributed by atoms with Crippen LogP contribution in [0.1, 0.15) is 0 Å². The Bertz CT molecular complexity index is 124. The normalized spacial score (nSPS) is 25.5. The molecule has 0 aliphatic carbocycles. The summed E-state index contributed by atoms with van der Waals surface area (Å²) in [5.74, 6) is -3.23. The van der Waals surface area contributed by atoms with E-state index in [0.29, 0.717) is 0 Å². The lowest BCUT2D eigenvalue weighted by atomic mass is 10.5. The lowest BCUT2D eigenvalue weighted by Gasteiger charge is -2.06. The molecule has 1 fully saturated rings. The standard InChI is InChI=1S/C2H4N2O3S/c5-1-2(6,7)4-8-3-1/h4,6-7H,(H,3,5).